The van der Waals surface area contributed by atoms with E-state index in [9.17, 15) is 4.57 Å². The van der Waals surface area contributed by atoms with Crippen molar-refractivity contribution in [1.29, 1.82) is 0 Å². The number of halogens is 2. The topological polar surface area (TPSA) is 35.5 Å². The smallest absolute Gasteiger partial charge is 0.311 e. The van der Waals surface area contributed by atoms with Crippen LogP contribution in [0.1, 0.15) is 13.8 Å². The Labute approximate surface area is 90.0 Å². The SMILES string of the molecule is COP(=O)(OC)[C@@](C)(Br)[C@H](C)Br. The maximum Gasteiger partial charge on any atom is 0.347 e. The molecule has 0 saturated carbocycles. The summed E-state index contributed by atoms with van der Waals surface area (Å²) in [6.07, 6.45) is 0. The van der Waals surface area contributed by atoms with Crippen molar-refractivity contribution in [2.24, 2.45) is 0 Å². The zero-order valence-corrected chi connectivity index (χ0v) is 11.6. The van der Waals surface area contributed by atoms with Crippen LogP contribution in [0.2, 0.25) is 0 Å². The van der Waals surface area contributed by atoms with Crippen molar-refractivity contribution < 1.29 is 13.6 Å². The molecule has 0 aromatic carbocycles. The molecule has 0 saturated heterocycles. The van der Waals surface area contributed by atoms with Crippen molar-refractivity contribution in [3.05, 3.63) is 0 Å². The molecule has 0 aliphatic carbocycles. The molecule has 0 fully saturated rings. The Bertz CT molecular complexity index is 185. The van der Waals surface area contributed by atoms with Gasteiger partial charge in [0, 0.05) is 19.0 Å². The van der Waals surface area contributed by atoms with E-state index in [0.29, 0.717) is 0 Å². The Morgan fingerprint density at radius 1 is 1.42 bits per heavy atom. The van der Waals surface area contributed by atoms with Gasteiger partial charge in [-0.3, -0.25) is 4.57 Å². The van der Waals surface area contributed by atoms with Crippen LogP contribution in [0.15, 0.2) is 0 Å². The van der Waals surface area contributed by atoms with Crippen LogP contribution >= 0.6 is 39.5 Å². The van der Waals surface area contributed by atoms with Gasteiger partial charge < -0.3 is 9.05 Å². The molecule has 0 aromatic rings. The number of hydrogen-bond acceptors (Lipinski definition) is 3. The molecule has 0 spiro atoms. The normalized spacial score (nSPS) is 20.2. The van der Waals surface area contributed by atoms with Crippen LogP contribution in [-0.4, -0.2) is 23.1 Å². The van der Waals surface area contributed by atoms with Gasteiger partial charge in [-0.2, -0.15) is 0 Å². The van der Waals surface area contributed by atoms with Gasteiger partial charge in [-0.15, -0.1) is 0 Å². The third-order valence-electron chi connectivity index (χ3n) is 1.74. The Balaban J connectivity index is 4.84. The second-order valence-electron chi connectivity index (χ2n) is 2.50. The van der Waals surface area contributed by atoms with Gasteiger partial charge in [0.25, 0.3) is 0 Å². The third kappa shape index (κ3) is 2.32. The van der Waals surface area contributed by atoms with Crippen molar-refractivity contribution in [1.82, 2.24) is 0 Å². The lowest BCUT2D eigenvalue weighted by molar-refractivity contribution is 0.264. The fourth-order valence-corrected chi connectivity index (χ4v) is 3.57. The van der Waals surface area contributed by atoms with Crippen molar-refractivity contribution in [2.75, 3.05) is 14.2 Å². The molecular weight excluding hydrogens is 311 g/mol. The lowest BCUT2D eigenvalue weighted by atomic mass is 10.4. The summed E-state index contributed by atoms with van der Waals surface area (Å²) >= 11 is 6.66. The lowest BCUT2D eigenvalue weighted by Crippen LogP contribution is -2.27. The first-order chi connectivity index (χ1) is 5.31. The Morgan fingerprint density at radius 3 is 1.83 bits per heavy atom. The molecule has 0 aromatic heterocycles. The molecule has 0 unspecified atom stereocenters. The van der Waals surface area contributed by atoms with E-state index in [1.807, 2.05) is 6.92 Å². The number of hydrogen-bond donors (Lipinski definition) is 0. The second-order valence-corrected chi connectivity index (χ2v) is 8.79. The lowest BCUT2D eigenvalue weighted by Gasteiger charge is -2.31. The van der Waals surface area contributed by atoms with Crippen molar-refractivity contribution >= 4 is 39.5 Å². The van der Waals surface area contributed by atoms with E-state index >= 15 is 0 Å². The van der Waals surface area contributed by atoms with Gasteiger partial charge in [-0.25, -0.2) is 0 Å². The fourth-order valence-electron chi connectivity index (χ4n) is 0.649. The minimum atomic E-state index is -3.07. The summed E-state index contributed by atoms with van der Waals surface area (Å²) in [5.74, 6) is 0. The predicted molar refractivity (Wildman–Crippen MR) is 57.3 cm³/mol. The third-order valence-corrected chi connectivity index (χ3v) is 8.04. The van der Waals surface area contributed by atoms with E-state index in [-0.39, 0.29) is 4.83 Å². The Hall–Kier alpha value is 1.11. The van der Waals surface area contributed by atoms with Crippen LogP contribution in [0.3, 0.4) is 0 Å². The van der Waals surface area contributed by atoms with E-state index in [0.717, 1.165) is 0 Å². The summed E-state index contributed by atoms with van der Waals surface area (Å²) < 4.78 is 20.9. The molecule has 74 valence electrons. The second kappa shape index (κ2) is 4.56. The molecule has 3 nitrogen and oxygen atoms in total. The van der Waals surface area contributed by atoms with E-state index in [2.05, 4.69) is 31.9 Å². The molecule has 0 radical (unpaired) electrons. The highest BCUT2D eigenvalue weighted by atomic mass is 79.9. The minimum Gasteiger partial charge on any atom is -0.311 e. The summed E-state index contributed by atoms with van der Waals surface area (Å²) in [4.78, 5) is -0.0178. The predicted octanol–water partition coefficient (Wildman–Crippen LogP) is 3.37. The van der Waals surface area contributed by atoms with Gasteiger partial charge in [-0.05, 0) is 6.92 Å². The fraction of sp³-hybridized carbons (Fsp3) is 1.00. The van der Waals surface area contributed by atoms with E-state index in [1.165, 1.54) is 14.2 Å². The quantitative estimate of drug-likeness (QED) is 0.588. The molecule has 0 bridgehead atoms. The molecular formula is C6H13Br2O3P. The average Bonchev–Trinajstić information content (AvgIpc) is 2.02. The molecule has 12 heavy (non-hydrogen) atoms. The monoisotopic (exact) mass is 322 g/mol. The first kappa shape index (κ1) is 13.1. The molecule has 0 N–H and O–H groups in total. The molecule has 0 amide bonds. The van der Waals surface area contributed by atoms with Crippen LogP contribution in [0.5, 0.6) is 0 Å². The highest BCUT2D eigenvalue weighted by molar-refractivity contribution is 9.13. The van der Waals surface area contributed by atoms with Crippen LogP contribution < -0.4 is 0 Å². The van der Waals surface area contributed by atoms with Gasteiger partial charge in [0.2, 0.25) is 0 Å². The minimum absolute atomic E-state index is 0.0178. The maximum absolute atomic E-state index is 11.9. The Morgan fingerprint density at radius 2 is 1.75 bits per heavy atom. The maximum atomic E-state index is 11.9. The zero-order valence-electron chi connectivity index (χ0n) is 7.51. The zero-order chi connectivity index (χ0) is 9.99. The summed E-state index contributed by atoms with van der Waals surface area (Å²) in [6, 6.07) is 0. The number of alkyl halides is 2. The van der Waals surface area contributed by atoms with Crippen LogP contribution in [-0.2, 0) is 13.6 Å². The van der Waals surface area contributed by atoms with Gasteiger partial charge >= 0.3 is 7.60 Å². The van der Waals surface area contributed by atoms with Crippen LogP contribution in [0.25, 0.3) is 0 Å². The number of rotatable bonds is 4. The first-order valence-corrected chi connectivity index (χ1v) is 6.61. The molecule has 0 heterocycles. The van der Waals surface area contributed by atoms with Gasteiger partial charge in [0.1, 0.15) is 4.07 Å². The molecule has 2 atom stereocenters. The highest BCUT2D eigenvalue weighted by Gasteiger charge is 2.47. The summed E-state index contributed by atoms with van der Waals surface area (Å²) in [6.45, 7) is 3.64. The Kier molecular flexibility index (Phi) is 4.98. The summed E-state index contributed by atoms with van der Waals surface area (Å²) in [7, 11) is -0.322. The molecule has 6 heteroatoms. The highest BCUT2D eigenvalue weighted by Crippen LogP contribution is 2.64. The molecule has 0 aliphatic heterocycles. The van der Waals surface area contributed by atoms with Crippen molar-refractivity contribution in [2.45, 2.75) is 22.7 Å². The van der Waals surface area contributed by atoms with Gasteiger partial charge in [0.05, 0.1) is 0 Å². The van der Waals surface area contributed by atoms with Crippen molar-refractivity contribution in [3.63, 3.8) is 0 Å². The first-order valence-electron chi connectivity index (χ1n) is 3.36. The summed E-state index contributed by atoms with van der Waals surface area (Å²) in [5, 5.41) is 0. The molecule has 0 aliphatic rings. The molecule has 0 rings (SSSR count). The largest absolute Gasteiger partial charge is 0.347 e. The van der Waals surface area contributed by atoms with Gasteiger partial charge in [0.15, 0.2) is 0 Å². The standard InChI is InChI=1S/C6H13Br2O3P/c1-5(7)6(2,8)12(9,10-3)11-4/h5H,1-4H3/t5-,6+/m0/s1. The van der Waals surface area contributed by atoms with Crippen LogP contribution in [0.4, 0.5) is 0 Å². The van der Waals surface area contributed by atoms with E-state index < -0.39 is 11.7 Å². The van der Waals surface area contributed by atoms with Crippen molar-refractivity contribution in [3.8, 4) is 0 Å². The van der Waals surface area contributed by atoms with E-state index in [4.69, 9.17) is 9.05 Å². The summed E-state index contributed by atoms with van der Waals surface area (Å²) in [5.41, 5.74) is 0. The van der Waals surface area contributed by atoms with Gasteiger partial charge in [-0.1, -0.05) is 38.8 Å². The average molecular weight is 324 g/mol. The van der Waals surface area contributed by atoms with Crippen LogP contribution in [0, 0.1) is 0 Å². The van der Waals surface area contributed by atoms with E-state index in [1.54, 1.807) is 6.92 Å².